The third-order valence-electron chi connectivity index (χ3n) is 3.73. The van der Waals surface area contributed by atoms with Crippen molar-refractivity contribution in [1.29, 1.82) is 0 Å². The van der Waals surface area contributed by atoms with Gasteiger partial charge < -0.3 is 10.1 Å². The van der Waals surface area contributed by atoms with Crippen LogP contribution in [0.4, 0.5) is 10.1 Å². The maximum absolute atomic E-state index is 13.1. The van der Waals surface area contributed by atoms with E-state index in [4.69, 9.17) is 4.74 Å². The number of ether oxygens (including phenoxy) is 1. The van der Waals surface area contributed by atoms with Crippen molar-refractivity contribution in [2.45, 2.75) is 20.0 Å². The fraction of sp³-hybridized carbons (Fsp3) is 0.150. The molecule has 0 fully saturated rings. The van der Waals surface area contributed by atoms with Crippen LogP contribution in [0.15, 0.2) is 60.0 Å². The number of para-hydroxylation sites is 1. The topological polar surface area (TPSA) is 38.3 Å². The van der Waals surface area contributed by atoms with Crippen molar-refractivity contribution in [1.82, 2.24) is 0 Å². The van der Waals surface area contributed by atoms with Crippen LogP contribution in [0.3, 0.4) is 0 Å². The van der Waals surface area contributed by atoms with Gasteiger partial charge in [-0.3, -0.25) is 4.79 Å². The molecule has 0 aliphatic heterocycles. The number of carbonyl (C=O) groups is 1. The van der Waals surface area contributed by atoms with Gasteiger partial charge in [0.1, 0.15) is 18.2 Å². The molecule has 25 heavy (non-hydrogen) atoms. The highest BCUT2D eigenvalue weighted by Gasteiger charge is 2.11. The Labute approximate surface area is 150 Å². The van der Waals surface area contributed by atoms with E-state index < -0.39 is 0 Å². The normalized spacial score (nSPS) is 10.5. The van der Waals surface area contributed by atoms with E-state index in [0.29, 0.717) is 17.2 Å². The van der Waals surface area contributed by atoms with E-state index in [0.717, 1.165) is 23.2 Å². The number of benzene rings is 2. The molecule has 128 valence electrons. The Bertz CT molecular complexity index is 875. The summed E-state index contributed by atoms with van der Waals surface area (Å²) in [5.41, 5.74) is 2.81. The second-order valence-electron chi connectivity index (χ2n) is 5.53. The molecule has 1 amide bonds. The SMILES string of the molecule is CCc1ccccc1NC(=O)c1cc(COc2cccc(F)c2)cs1. The van der Waals surface area contributed by atoms with Crippen molar-refractivity contribution in [3.05, 3.63) is 81.8 Å². The maximum Gasteiger partial charge on any atom is 0.265 e. The van der Waals surface area contributed by atoms with E-state index in [-0.39, 0.29) is 11.7 Å². The third-order valence-corrected chi connectivity index (χ3v) is 4.70. The number of nitrogens with one attached hydrogen (secondary N) is 1. The highest BCUT2D eigenvalue weighted by molar-refractivity contribution is 7.12. The molecule has 1 aromatic heterocycles. The monoisotopic (exact) mass is 355 g/mol. The van der Waals surface area contributed by atoms with Gasteiger partial charge in [-0.2, -0.15) is 0 Å². The van der Waals surface area contributed by atoms with Crippen LogP contribution in [0.25, 0.3) is 0 Å². The first-order valence-electron chi connectivity index (χ1n) is 8.00. The van der Waals surface area contributed by atoms with Gasteiger partial charge in [0.2, 0.25) is 0 Å². The summed E-state index contributed by atoms with van der Waals surface area (Å²) in [4.78, 5) is 13.0. The standard InChI is InChI=1S/C20H18FNO2S/c1-2-15-6-3-4-9-18(15)22-20(23)19-10-14(13-25-19)12-24-17-8-5-7-16(21)11-17/h3-11,13H,2,12H2,1H3,(H,22,23). The molecule has 5 heteroatoms. The lowest BCUT2D eigenvalue weighted by atomic mass is 10.1. The number of thiophene rings is 1. The lowest BCUT2D eigenvalue weighted by Crippen LogP contribution is -2.11. The molecule has 3 nitrogen and oxygen atoms in total. The van der Waals surface area contributed by atoms with E-state index in [9.17, 15) is 9.18 Å². The number of carbonyl (C=O) groups excluding carboxylic acids is 1. The Morgan fingerprint density at radius 3 is 2.80 bits per heavy atom. The van der Waals surface area contributed by atoms with Gasteiger partial charge in [0, 0.05) is 17.3 Å². The van der Waals surface area contributed by atoms with Crippen LogP contribution in [0, 0.1) is 5.82 Å². The van der Waals surface area contributed by atoms with E-state index >= 15 is 0 Å². The minimum atomic E-state index is -0.336. The summed E-state index contributed by atoms with van der Waals surface area (Å²) in [5, 5.41) is 4.83. The van der Waals surface area contributed by atoms with Gasteiger partial charge in [-0.15, -0.1) is 11.3 Å². The van der Waals surface area contributed by atoms with Gasteiger partial charge >= 0.3 is 0 Å². The molecule has 2 aromatic carbocycles. The first kappa shape index (κ1) is 17.2. The zero-order valence-corrected chi connectivity index (χ0v) is 14.6. The maximum atomic E-state index is 13.1. The molecule has 3 rings (SSSR count). The molecule has 0 aliphatic rings. The predicted molar refractivity (Wildman–Crippen MR) is 98.8 cm³/mol. The van der Waals surface area contributed by atoms with Crippen LogP contribution < -0.4 is 10.1 Å². The van der Waals surface area contributed by atoms with Gasteiger partial charge in [-0.1, -0.05) is 31.2 Å². The number of anilines is 1. The zero-order chi connectivity index (χ0) is 17.6. The van der Waals surface area contributed by atoms with E-state index in [1.54, 1.807) is 18.2 Å². The number of halogens is 1. The fourth-order valence-corrected chi connectivity index (χ4v) is 3.22. The predicted octanol–water partition coefficient (Wildman–Crippen LogP) is 5.28. The fourth-order valence-electron chi connectivity index (χ4n) is 2.43. The molecule has 0 unspecified atom stereocenters. The van der Waals surface area contributed by atoms with Crippen LogP contribution in [0.1, 0.15) is 27.7 Å². The van der Waals surface area contributed by atoms with Crippen LogP contribution in [0.5, 0.6) is 5.75 Å². The molecule has 1 N–H and O–H groups in total. The van der Waals surface area contributed by atoms with Crippen molar-refractivity contribution in [3.63, 3.8) is 0 Å². The summed E-state index contributed by atoms with van der Waals surface area (Å²) < 4.78 is 18.7. The quantitative estimate of drug-likeness (QED) is 0.653. The Morgan fingerprint density at radius 1 is 1.16 bits per heavy atom. The highest BCUT2D eigenvalue weighted by atomic mass is 32.1. The minimum absolute atomic E-state index is 0.136. The zero-order valence-electron chi connectivity index (χ0n) is 13.8. The van der Waals surface area contributed by atoms with Crippen LogP contribution in [-0.4, -0.2) is 5.91 Å². The van der Waals surface area contributed by atoms with Gasteiger partial charge in [-0.25, -0.2) is 4.39 Å². The first-order valence-corrected chi connectivity index (χ1v) is 8.88. The van der Waals surface area contributed by atoms with Gasteiger partial charge in [0.15, 0.2) is 0 Å². The Kier molecular flexibility index (Phi) is 5.46. The molecule has 0 aliphatic carbocycles. The summed E-state index contributed by atoms with van der Waals surface area (Å²) in [7, 11) is 0. The number of hydrogen-bond donors (Lipinski definition) is 1. The Morgan fingerprint density at radius 2 is 2.00 bits per heavy atom. The molecular formula is C20H18FNO2S. The average molecular weight is 355 g/mol. The van der Waals surface area contributed by atoms with Crippen molar-refractivity contribution in [2.24, 2.45) is 0 Å². The molecule has 1 heterocycles. The summed E-state index contributed by atoms with van der Waals surface area (Å²) in [6.45, 7) is 2.34. The molecule has 0 radical (unpaired) electrons. The van der Waals surface area contributed by atoms with Gasteiger partial charge in [0.25, 0.3) is 5.91 Å². The van der Waals surface area contributed by atoms with E-state index in [2.05, 4.69) is 12.2 Å². The van der Waals surface area contributed by atoms with Crippen molar-refractivity contribution < 1.29 is 13.9 Å². The Balaban J connectivity index is 1.63. The van der Waals surface area contributed by atoms with Gasteiger partial charge in [-0.05, 0) is 41.6 Å². The second kappa shape index (κ2) is 7.94. The first-order chi connectivity index (χ1) is 12.2. The number of rotatable bonds is 6. The van der Waals surface area contributed by atoms with Crippen molar-refractivity contribution in [2.75, 3.05) is 5.32 Å². The molecular weight excluding hydrogens is 337 g/mol. The smallest absolute Gasteiger partial charge is 0.265 e. The third kappa shape index (κ3) is 4.45. The highest BCUT2D eigenvalue weighted by Crippen LogP contribution is 2.21. The molecule has 0 saturated carbocycles. The number of amides is 1. The molecule has 0 spiro atoms. The second-order valence-corrected chi connectivity index (χ2v) is 6.44. The van der Waals surface area contributed by atoms with Crippen molar-refractivity contribution >= 4 is 22.9 Å². The summed E-state index contributed by atoms with van der Waals surface area (Å²) in [5.74, 6) is -0.00513. The summed E-state index contributed by atoms with van der Waals surface area (Å²) in [6.07, 6.45) is 0.855. The average Bonchev–Trinajstić information content (AvgIpc) is 3.10. The summed E-state index contributed by atoms with van der Waals surface area (Å²) in [6, 6.07) is 15.6. The van der Waals surface area contributed by atoms with Crippen LogP contribution >= 0.6 is 11.3 Å². The Hall–Kier alpha value is -2.66. The summed E-state index contributed by atoms with van der Waals surface area (Å²) >= 11 is 1.36. The van der Waals surface area contributed by atoms with Gasteiger partial charge in [0.05, 0.1) is 4.88 Å². The van der Waals surface area contributed by atoms with E-state index in [1.807, 2.05) is 29.6 Å². The molecule has 3 aromatic rings. The van der Waals surface area contributed by atoms with Crippen LogP contribution in [0.2, 0.25) is 0 Å². The van der Waals surface area contributed by atoms with Crippen molar-refractivity contribution in [3.8, 4) is 5.75 Å². The molecule has 0 bridgehead atoms. The van der Waals surface area contributed by atoms with E-state index in [1.165, 1.54) is 23.5 Å². The lowest BCUT2D eigenvalue weighted by molar-refractivity contribution is 0.103. The number of aryl methyl sites for hydroxylation is 1. The molecule has 0 saturated heterocycles. The minimum Gasteiger partial charge on any atom is -0.489 e. The van der Waals surface area contributed by atoms with Crippen LogP contribution in [-0.2, 0) is 13.0 Å². The lowest BCUT2D eigenvalue weighted by Gasteiger charge is -2.08. The largest absolute Gasteiger partial charge is 0.489 e. The number of hydrogen-bond acceptors (Lipinski definition) is 3. The molecule has 0 atom stereocenters.